The van der Waals surface area contributed by atoms with Gasteiger partial charge in [0.15, 0.2) is 11.0 Å². The molecular weight excluding hydrogens is 370 g/mol. The van der Waals surface area contributed by atoms with E-state index in [1.54, 1.807) is 11.3 Å². The molecule has 0 bridgehead atoms. The summed E-state index contributed by atoms with van der Waals surface area (Å²) in [4.78, 5) is 19.2. The molecule has 0 spiro atoms. The van der Waals surface area contributed by atoms with E-state index < -0.39 is 0 Å². The van der Waals surface area contributed by atoms with Crippen molar-refractivity contribution in [2.45, 2.75) is 33.1 Å². The first-order valence-electron chi connectivity index (χ1n) is 10.4. The molecule has 2 fully saturated rings. The van der Waals surface area contributed by atoms with E-state index in [9.17, 15) is 0 Å². The van der Waals surface area contributed by atoms with Crippen LogP contribution in [0.15, 0.2) is 5.38 Å². The second kappa shape index (κ2) is 9.15. The fourth-order valence-electron chi connectivity index (χ4n) is 3.80. The molecule has 4 heterocycles. The largest absolute Gasteiger partial charge is 0.370 e. The van der Waals surface area contributed by atoms with Crippen molar-refractivity contribution in [2.24, 2.45) is 0 Å². The second-order valence-electron chi connectivity index (χ2n) is 7.69. The number of thiazole rings is 1. The van der Waals surface area contributed by atoms with Gasteiger partial charge in [-0.25, -0.2) is 15.0 Å². The molecule has 7 nitrogen and oxygen atoms in total. The Kier molecular flexibility index (Phi) is 6.39. The van der Waals surface area contributed by atoms with E-state index in [4.69, 9.17) is 15.0 Å². The van der Waals surface area contributed by atoms with Crippen LogP contribution in [0.2, 0.25) is 0 Å². The summed E-state index contributed by atoms with van der Waals surface area (Å²) in [5.41, 5.74) is 3.02. The summed E-state index contributed by atoms with van der Waals surface area (Å²) in [6, 6.07) is 0. The molecule has 2 N–H and O–H groups in total. The Labute approximate surface area is 171 Å². The van der Waals surface area contributed by atoms with Gasteiger partial charge in [-0.05, 0) is 52.7 Å². The van der Waals surface area contributed by atoms with Crippen LogP contribution in [0.4, 0.5) is 10.9 Å². The SMILES string of the molecule is Cc1nc(-c2csc(N3CCNCC3)n2)nc(NCCCN2CCCC2)c1C. The molecule has 2 aliphatic rings. The number of likely N-dealkylation sites (tertiary alicyclic amines) is 1. The summed E-state index contributed by atoms with van der Waals surface area (Å²) in [6.07, 6.45) is 3.84. The second-order valence-corrected chi connectivity index (χ2v) is 8.52. The monoisotopic (exact) mass is 401 g/mol. The van der Waals surface area contributed by atoms with Gasteiger partial charge < -0.3 is 20.4 Å². The van der Waals surface area contributed by atoms with Crippen LogP contribution in [0.1, 0.15) is 30.5 Å². The van der Waals surface area contributed by atoms with Crippen molar-refractivity contribution in [3.63, 3.8) is 0 Å². The molecule has 0 aromatic carbocycles. The van der Waals surface area contributed by atoms with Gasteiger partial charge in [0.1, 0.15) is 11.5 Å². The smallest absolute Gasteiger partial charge is 0.186 e. The van der Waals surface area contributed by atoms with Gasteiger partial charge in [0.25, 0.3) is 0 Å². The van der Waals surface area contributed by atoms with E-state index in [1.807, 2.05) is 0 Å². The maximum Gasteiger partial charge on any atom is 0.186 e. The Morgan fingerprint density at radius 3 is 2.64 bits per heavy atom. The quantitative estimate of drug-likeness (QED) is 0.691. The predicted octanol–water partition coefficient (Wildman–Crippen LogP) is 2.52. The van der Waals surface area contributed by atoms with Gasteiger partial charge in [0, 0.05) is 49.4 Å². The van der Waals surface area contributed by atoms with E-state index >= 15 is 0 Å². The minimum Gasteiger partial charge on any atom is -0.370 e. The number of aryl methyl sites for hydroxylation is 1. The number of hydrogen-bond donors (Lipinski definition) is 2. The van der Waals surface area contributed by atoms with Gasteiger partial charge in [0.2, 0.25) is 0 Å². The topological polar surface area (TPSA) is 69.2 Å². The summed E-state index contributed by atoms with van der Waals surface area (Å²) < 4.78 is 0. The molecule has 2 aromatic rings. The van der Waals surface area contributed by atoms with Crippen LogP contribution in [0.5, 0.6) is 0 Å². The van der Waals surface area contributed by atoms with Crippen LogP contribution in [0.3, 0.4) is 0 Å². The molecule has 0 amide bonds. The fourth-order valence-corrected chi connectivity index (χ4v) is 4.66. The lowest BCUT2D eigenvalue weighted by Gasteiger charge is -2.26. The number of piperazine rings is 1. The van der Waals surface area contributed by atoms with Crippen molar-refractivity contribution in [1.82, 2.24) is 25.2 Å². The normalized spacial score (nSPS) is 18.0. The van der Waals surface area contributed by atoms with Gasteiger partial charge in [-0.15, -0.1) is 11.3 Å². The molecule has 0 radical (unpaired) electrons. The van der Waals surface area contributed by atoms with E-state index in [1.165, 1.54) is 32.5 Å². The van der Waals surface area contributed by atoms with Crippen LogP contribution in [0.25, 0.3) is 11.5 Å². The Morgan fingerprint density at radius 1 is 1.07 bits per heavy atom. The van der Waals surface area contributed by atoms with Crippen LogP contribution in [0, 0.1) is 13.8 Å². The molecule has 152 valence electrons. The minimum absolute atomic E-state index is 0.725. The van der Waals surface area contributed by atoms with Crippen molar-refractivity contribution < 1.29 is 0 Å². The average Bonchev–Trinajstić information content (AvgIpc) is 3.41. The molecule has 2 aromatic heterocycles. The lowest BCUT2D eigenvalue weighted by atomic mass is 10.2. The van der Waals surface area contributed by atoms with E-state index in [-0.39, 0.29) is 0 Å². The molecule has 0 aliphatic carbocycles. The van der Waals surface area contributed by atoms with Crippen molar-refractivity contribution in [2.75, 3.05) is 62.6 Å². The van der Waals surface area contributed by atoms with Crippen molar-refractivity contribution in [3.8, 4) is 11.5 Å². The van der Waals surface area contributed by atoms with E-state index in [0.717, 1.165) is 72.9 Å². The van der Waals surface area contributed by atoms with Gasteiger partial charge in [-0.2, -0.15) is 0 Å². The van der Waals surface area contributed by atoms with Gasteiger partial charge in [-0.1, -0.05) is 0 Å². The third-order valence-electron chi connectivity index (χ3n) is 5.64. The highest BCUT2D eigenvalue weighted by Crippen LogP contribution is 2.27. The first-order chi connectivity index (χ1) is 13.7. The molecule has 4 rings (SSSR count). The Morgan fingerprint density at radius 2 is 1.86 bits per heavy atom. The molecule has 0 saturated carbocycles. The number of nitrogens with zero attached hydrogens (tertiary/aromatic N) is 5. The molecule has 0 atom stereocenters. The van der Waals surface area contributed by atoms with Gasteiger partial charge in [0.05, 0.1) is 0 Å². The third-order valence-corrected chi connectivity index (χ3v) is 6.54. The molecular formula is C20H31N7S. The first-order valence-corrected chi connectivity index (χ1v) is 11.3. The van der Waals surface area contributed by atoms with Crippen molar-refractivity contribution in [1.29, 1.82) is 0 Å². The van der Waals surface area contributed by atoms with Crippen LogP contribution in [-0.4, -0.2) is 72.2 Å². The summed E-state index contributed by atoms with van der Waals surface area (Å²) in [7, 11) is 0. The Balaban J connectivity index is 1.42. The maximum absolute atomic E-state index is 4.82. The Bertz CT molecular complexity index is 779. The fraction of sp³-hybridized carbons (Fsp3) is 0.650. The van der Waals surface area contributed by atoms with Crippen molar-refractivity contribution >= 4 is 22.3 Å². The zero-order valence-electron chi connectivity index (χ0n) is 17.0. The summed E-state index contributed by atoms with van der Waals surface area (Å²) >= 11 is 1.68. The highest BCUT2D eigenvalue weighted by atomic mass is 32.1. The zero-order valence-corrected chi connectivity index (χ0v) is 17.8. The minimum atomic E-state index is 0.725. The molecule has 2 aliphatic heterocycles. The molecule has 28 heavy (non-hydrogen) atoms. The highest BCUT2D eigenvalue weighted by Gasteiger charge is 2.17. The summed E-state index contributed by atoms with van der Waals surface area (Å²) in [5.74, 6) is 1.67. The predicted molar refractivity (Wildman–Crippen MR) is 116 cm³/mol. The number of nitrogens with one attached hydrogen (secondary N) is 2. The number of aromatic nitrogens is 3. The molecule has 2 saturated heterocycles. The summed E-state index contributed by atoms with van der Waals surface area (Å²) in [6.45, 7) is 12.8. The first kappa shape index (κ1) is 19.5. The summed E-state index contributed by atoms with van der Waals surface area (Å²) in [5, 5.41) is 10.1. The molecule has 0 unspecified atom stereocenters. The highest BCUT2D eigenvalue weighted by molar-refractivity contribution is 7.14. The number of anilines is 2. The van der Waals surface area contributed by atoms with E-state index in [2.05, 4.69) is 39.7 Å². The molecule has 8 heteroatoms. The van der Waals surface area contributed by atoms with E-state index in [0.29, 0.717) is 0 Å². The zero-order chi connectivity index (χ0) is 19.3. The lowest BCUT2D eigenvalue weighted by molar-refractivity contribution is 0.337. The van der Waals surface area contributed by atoms with Gasteiger partial charge >= 0.3 is 0 Å². The average molecular weight is 402 g/mol. The van der Waals surface area contributed by atoms with Crippen LogP contribution >= 0.6 is 11.3 Å². The standard InChI is InChI=1S/C20H31N7S/c1-15-16(2)23-19(17-14-28-20(24-17)27-12-7-21-8-13-27)25-18(15)22-6-5-11-26-9-3-4-10-26/h14,21H,3-13H2,1-2H3,(H,22,23,25). The third kappa shape index (κ3) is 4.61. The van der Waals surface area contributed by atoms with Gasteiger partial charge in [-0.3, -0.25) is 0 Å². The Hall–Kier alpha value is -1.77. The van der Waals surface area contributed by atoms with Crippen molar-refractivity contribution in [3.05, 3.63) is 16.6 Å². The number of hydrogen-bond acceptors (Lipinski definition) is 8. The van der Waals surface area contributed by atoms with Crippen LogP contribution in [-0.2, 0) is 0 Å². The lowest BCUT2D eigenvalue weighted by Crippen LogP contribution is -2.43. The van der Waals surface area contributed by atoms with Crippen LogP contribution < -0.4 is 15.5 Å². The maximum atomic E-state index is 4.82. The number of rotatable bonds is 7.